The lowest BCUT2D eigenvalue weighted by atomic mass is 10.0. The van der Waals surface area contributed by atoms with Gasteiger partial charge < -0.3 is 15.2 Å². The van der Waals surface area contributed by atoms with Crippen molar-refractivity contribution in [1.82, 2.24) is 15.0 Å². The first kappa shape index (κ1) is 15.4. The first-order valence-electron chi connectivity index (χ1n) is 7.11. The van der Waals surface area contributed by atoms with E-state index in [1.807, 2.05) is 33.8 Å². The Labute approximate surface area is 124 Å². The summed E-state index contributed by atoms with van der Waals surface area (Å²) >= 11 is 0. The zero-order valence-electron chi connectivity index (χ0n) is 13.2. The first-order chi connectivity index (χ1) is 9.86. The van der Waals surface area contributed by atoms with Gasteiger partial charge in [0.2, 0.25) is 0 Å². The molecule has 0 radical (unpaired) electrons. The zero-order chi connectivity index (χ0) is 15.7. The first-order valence-corrected chi connectivity index (χ1v) is 7.11. The van der Waals surface area contributed by atoms with Crippen LogP contribution in [0.1, 0.15) is 48.4 Å². The van der Waals surface area contributed by atoms with Gasteiger partial charge >= 0.3 is 0 Å². The predicted octanol–water partition coefficient (Wildman–Crippen LogP) is 2.07. The summed E-state index contributed by atoms with van der Waals surface area (Å²) in [6.07, 6.45) is 0. The van der Waals surface area contributed by atoms with Crippen LogP contribution in [0.15, 0.2) is 10.6 Å². The van der Waals surface area contributed by atoms with Gasteiger partial charge in [0.25, 0.3) is 11.6 Å². The van der Waals surface area contributed by atoms with Crippen molar-refractivity contribution in [3.63, 3.8) is 0 Å². The third kappa shape index (κ3) is 2.76. The molecule has 0 aliphatic carbocycles. The van der Waals surface area contributed by atoms with Gasteiger partial charge in [-0.3, -0.25) is 4.79 Å². The number of nitrogens with zero attached hydrogens (tertiary/aromatic N) is 3. The average molecular weight is 290 g/mol. The summed E-state index contributed by atoms with van der Waals surface area (Å²) in [6, 6.07) is 1.79. The highest BCUT2D eigenvalue weighted by molar-refractivity contribution is 6.06. The molecule has 1 amide bonds. The van der Waals surface area contributed by atoms with E-state index in [0.29, 0.717) is 28.9 Å². The molecule has 2 N–H and O–H groups in total. The van der Waals surface area contributed by atoms with Crippen molar-refractivity contribution in [2.24, 2.45) is 5.73 Å². The summed E-state index contributed by atoms with van der Waals surface area (Å²) in [5, 5.41) is 4.61. The van der Waals surface area contributed by atoms with Crippen molar-refractivity contribution in [1.29, 1.82) is 0 Å². The highest BCUT2D eigenvalue weighted by atomic mass is 16.5. The Morgan fingerprint density at radius 3 is 2.67 bits per heavy atom. The van der Waals surface area contributed by atoms with Gasteiger partial charge in [-0.1, -0.05) is 19.0 Å². The molecule has 2 aromatic heterocycles. The van der Waals surface area contributed by atoms with Crippen molar-refractivity contribution in [3.05, 3.63) is 23.0 Å². The van der Waals surface area contributed by atoms with Crippen molar-refractivity contribution in [3.8, 4) is 0 Å². The Kier molecular flexibility index (Phi) is 4.27. The minimum Gasteiger partial charge on any atom is -0.338 e. The summed E-state index contributed by atoms with van der Waals surface area (Å²) in [5.41, 5.74) is 8.13. The molecular formula is C15H22N4O2. The maximum atomic E-state index is 12.8. The van der Waals surface area contributed by atoms with Crippen LogP contribution in [-0.2, 0) is 0 Å². The summed E-state index contributed by atoms with van der Waals surface area (Å²) in [7, 11) is 1.75. The van der Waals surface area contributed by atoms with E-state index in [-0.39, 0.29) is 17.9 Å². The molecule has 0 saturated heterocycles. The standard InChI is InChI=1S/C15H22N4O2/c1-8(2)12-6-11(15(20)19(5)9(3)7-16)13-10(4)18-21-14(13)17-12/h6,8-9H,7,16H2,1-5H3. The van der Waals surface area contributed by atoms with Crippen LogP contribution in [0.3, 0.4) is 0 Å². The zero-order valence-corrected chi connectivity index (χ0v) is 13.2. The fourth-order valence-electron chi connectivity index (χ4n) is 2.13. The number of aromatic nitrogens is 2. The maximum absolute atomic E-state index is 12.8. The maximum Gasteiger partial charge on any atom is 0.259 e. The summed E-state index contributed by atoms with van der Waals surface area (Å²) in [5.74, 6) is 0.108. The van der Waals surface area contributed by atoms with E-state index in [2.05, 4.69) is 10.1 Å². The number of amides is 1. The van der Waals surface area contributed by atoms with E-state index in [4.69, 9.17) is 10.3 Å². The van der Waals surface area contributed by atoms with Gasteiger partial charge in [-0.05, 0) is 25.8 Å². The summed E-state index contributed by atoms with van der Waals surface area (Å²) < 4.78 is 5.24. The number of hydrogen-bond acceptors (Lipinski definition) is 5. The monoisotopic (exact) mass is 290 g/mol. The molecular weight excluding hydrogens is 268 g/mol. The minimum atomic E-state index is -0.0893. The lowest BCUT2D eigenvalue weighted by Gasteiger charge is -2.24. The summed E-state index contributed by atoms with van der Waals surface area (Å²) in [6.45, 7) is 8.19. The Morgan fingerprint density at radius 2 is 2.10 bits per heavy atom. The number of carbonyl (C=O) groups is 1. The molecule has 2 aromatic rings. The Hall–Kier alpha value is -1.95. The van der Waals surface area contributed by atoms with Crippen LogP contribution >= 0.6 is 0 Å². The average Bonchev–Trinajstić information content (AvgIpc) is 2.85. The Bertz CT molecular complexity index is 663. The number of nitrogens with two attached hydrogens (primary N) is 1. The number of likely N-dealkylation sites (N-methyl/N-ethyl adjacent to an activating group) is 1. The molecule has 6 nitrogen and oxygen atoms in total. The van der Waals surface area contributed by atoms with E-state index in [9.17, 15) is 4.79 Å². The van der Waals surface area contributed by atoms with Gasteiger partial charge in [0.05, 0.1) is 16.6 Å². The molecule has 0 aliphatic rings. The van der Waals surface area contributed by atoms with Crippen molar-refractivity contribution < 1.29 is 9.32 Å². The van der Waals surface area contributed by atoms with Gasteiger partial charge in [-0.25, -0.2) is 4.98 Å². The van der Waals surface area contributed by atoms with E-state index in [0.717, 1.165) is 5.69 Å². The molecule has 0 fully saturated rings. The van der Waals surface area contributed by atoms with E-state index < -0.39 is 0 Å². The van der Waals surface area contributed by atoms with Gasteiger partial charge in [0, 0.05) is 25.3 Å². The lowest BCUT2D eigenvalue weighted by molar-refractivity contribution is 0.0750. The number of hydrogen-bond donors (Lipinski definition) is 1. The van der Waals surface area contributed by atoms with Crippen LogP contribution in [0.2, 0.25) is 0 Å². The normalized spacial score (nSPS) is 12.9. The summed E-state index contributed by atoms with van der Waals surface area (Å²) in [4.78, 5) is 18.8. The SMILES string of the molecule is Cc1noc2nc(C(C)C)cc(C(=O)N(C)C(C)CN)c12. The third-order valence-electron chi connectivity index (χ3n) is 3.78. The molecule has 0 bridgehead atoms. The molecule has 2 rings (SSSR count). The highest BCUT2D eigenvalue weighted by Crippen LogP contribution is 2.26. The molecule has 0 spiro atoms. The topological polar surface area (TPSA) is 85.2 Å². The van der Waals surface area contributed by atoms with Crippen LogP contribution in [0, 0.1) is 6.92 Å². The fraction of sp³-hybridized carbons (Fsp3) is 0.533. The number of pyridine rings is 1. The van der Waals surface area contributed by atoms with E-state index >= 15 is 0 Å². The number of fused-ring (bicyclic) bond motifs is 1. The van der Waals surface area contributed by atoms with Crippen LogP contribution < -0.4 is 5.73 Å². The van der Waals surface area contributed by atoms with Crippen LogP contribution in [0.5, 0.6) is 0 Å². The van der Waals surface area contributed by atoms with Crippen molar-refractivity contribution in [2.45, 2.75) is 39.7 Å². The molecule has 21 heavy (non-hydrogen) atoms. The molecule has 0 aromatic carbocycles. The second-order valence-electron chi connectivity index (χ2n) is 5.70. The molecule has 114 valence electrons. The number of carbonyl (C=O) groups excluding carboxylic acids is 1. The van der Waals surface area contributed by atoms with Crippen LogP contribution in [0.4, 0.5) is 0 Å². The van der Waals surface area contributed by atoms with Gasteiger partial charge in [0.15, 0.2) is 0 Å². The minimum absolute atomic E-state index is 0.0385. The smallest absolute Gasteiger partial charge is 0.259 e. The second-order valence-corrected chi connectivity index (χ2v) is 5.70. The predicted molar refractivity (Wildman–Crippen MR) is 81.2 cm³/mol. The molecule has 0 saturated carbocycles. The molecule has 2 heterocycles. The highest BCUT2D eigenvalue weighted by Gasteiger charge is 2.23. The lowest BCUT2D eigenvalue weighted by Crippen LogP contribution is -2.39. The molecule has 1 atom stereocenters. The van der Waals surface area contributed by atoms with Crippen LogP contribution in [0.25, 0.3) is 11.1 Å². The Balaban J connectivity index is 2.60. The number of rotatable bonds is 4. The third-order valence-corrected chi connectivity index (χ3v) is 3.78. The van der Waals surface area contributed by atoms with Gasteiger partial charge in [-0.15, -0.1) is 0 Å². The second kappa shape index (κ2) is 5.81. The molecule has 6 heteroatoms. The Morgan fingerprint density at radius 1 is 1.43 bits per heavy atom. The quantitative estimate of drug-likeness (QED) is 0.931. The van der Waals surface area contributed by atoms with Gasteiger partial charge in [-0.2, -0.15) is 0 Å². The molecule has 1 unspecified atom stereocenters. The largest absolute Gasteiger partial charge is 0.338 e. The number of aryl methyl sites for hydroxylation is 1. The van der Waals surface area contributed by atoms with Crippen molar-refractivity contribution in [2.75, 3.05) is 13.6 Å². The van der Waals surface area contributed by atoms with Gasteiger partial charge in [0.1, 0.15) is 0 Å². The van der Waals surface area contributed by atoms with Crippen LogP contribution in [-0.4, -0.2) is 40.6 Å². The fourth-order valence-corrected chi connectivity index (χ4v) is 2.13. The van der Waals surface area contributed by atoms with E-state index in [1.54, 1.807) is 11.9 Å². The van der Waals surface area contributed by atoms with Crippen molar-refractivity contribution >= 4 is 17.0 Å². The molecule has 0 aliphatic heterocycles. The van der Waals surface area contributed by atoms with E-state index in [1.165, 1.54) is 0 Å².